The van der Waals surface area contributed by atoms with E-state index in [9.17, 15) is 4.79 Å². The molecule has 0 fully saturated rings. The van der Waals surface area contributed by atoms with Gasteiger partial charge in [0.15, 0.2) is 0 Å². The third-order valence-electron chi connectivity index (χ3n) is 4.72. The number of hydrogen-bond acceptors (Lipinski definition) is 5. The number of rotatable bonds is 10. The molecule has 1 aliphatic heterocycles. The summed E-state index contributed by atoms with van der Waals surface area (Å²) < 4.78 is 23.1. The summed E-state index contributed by atoms with van der Waals surface area (Å²) in [5, 5.41) is 0. The molecular weight excluding hydrogens is 380 g/mol. The minimum atomic E-state index is -0.564. The van der Waals surface area contributed by atoms with Crippen molar-refractivity contribution >= 4 is 5.97 Å². The van der Waals surface area contributed by atoms with Crippen LogP contribution in [0.4, 0.5) is 0 Å². The standard InChI is InChI=1S/C25H28O5/c1-3-28-25(26)19(2)22-14-15-23(29-17-21-12-8-5-9-13-21)24(30-22)18-27-16-20-10-6-4-7-11-20/h4-15,22-24H,2-3,16-18H2,1H3/t22-,23-,24-/m1/s1. The van der Waals surface area contributed by atoms with Crippen LogP contribution in [0.25, 0.3) is 0 Å². The van der Waals surface area contributed by atoms with E-state index in [4.69, 9.17) is 18.9 Å². The first-order valence-corrected chi connectivity index (χ1v) is 10.1. The fraction of sp³-hybridized carbons (Fsp3) is 0.320. The average molecular weight is 408 g/mol. The van der Waals surface area contributed by atoms with Crippen molar-refractivity contribution in [2.75, 3.05) is 13.2 Å². The van der Waals surface area contributed by atoms with Crippen molar-refractivity contribution in [3.63, 3.8) is 0 Å². The van der Waals surface area contributed by atoms with Crippen molar-refractivity contribution < 1.29 is 23.7 Å². The summed E-state index contributed by atoms with van der Waals surface area (Å²) in [5.74, 6) is -0.459. The second kappa shape index (κ2) is 11.5. The van der Waals surface area contributed by atoms with Gasteiger partial charge in [-0.25, -0.2) is 4.79 Å². The van der Waals surface area contributed by atoms with Gasteiger partial charge in [-0.3, -0.25) is 0 Å². The Balaban J connectivity index is 1.63. The zero-order chi connectivity index (χ0) is 21.2. The van der Waals surface area contributed by atoms with E-state index in [2.05, 4.69) is 6.58 Å². The lowest BCUT2D eigenvalue weighted by molar-refractivity contribution is -0.143. The van der Waals surface area contributed by atoms with Crippen molar-refractivity contribution in [1.29, 1.82) is 0 Å². The van der Waals surface area contributed by atoms with Crippen LogP contribution in [0, 0.1) is 0 Å². The molecule has 0 radical (unpaired) electrons. The highest BCUT2D eigenvalue weighted by Gasteiger charge is 2.31. The van der Waals surface area contributed by atoms with Gasteiger partial charge in [-0.2, -0.15) is 0 Å². The lowest BCUT2D eigenvalue weighted by Gasteiger charge is -2.32. The van der Waals surface area contributed by atoms with Crippen molar-refractivity contribution in [2.24, 2.45) is 0 Å². The van der Waals surface area contributed by atoms with E-state index in [0.717, 1.165) is 11.1 Å². The number of carbonyl (C=O) groups excluding carboxylic acids is 1. The van der Waals surface area contributed by atoms with Crippen LogP contribution >= 0.6 is 0 Å². The molecule has 0 N–H and O–H groups in total. The summed E-state index contributed by atoms with van der Waals surface area (Å²) in [7, 11) is 0. The first kappa shape index (κ1) is 22.0. The molecule has 30 heavy (non-hydrogen) atoms. The molecule has 158 valence electrons. The fourth-order valence-electron chi connectivity index (χ4n) is 3.11. The van der Waals surface area contributed by atoms with Crippen molar-refractivity contribution in [3.8, 4) is 0 Å². The molecule has 5 nitrogen and oxygen atoms in total. The zero-order valence-corrected chi connectivity index (χ0v) is 17.2. The molecule has 0 aliphatic carbocycles. The van der Waals surface area contributed by atoms with Gasteiger partial charge >= 0.3 is 5.97 Å². The Morgan fingerprint density at radius 3 is 2.23 bits per heavy atom. The van der Waals surface area contributed by atoms with Gasteiger partial charge in [0, 0.05) is 0 Å². The minimum Gasteiger partial charge on any atom is -0.463 e. The number of ether oxygens (including phenoxy) is 4. The molecule has 0 bridgehead atoms. The third kappa shape index (κ3) is 6.39. The highest BCUT2D eigenvalue weighted by molar-refractivity contribution is 5.89. The summed E-state index contributed by atoms with van der Waals surface area (Å²) in [6, 6.07) is 19.9. The lowest BCUT2D eigenvalue weighted by Crippen LogP contribution is -2.41. The molecule has 2 aromatic rings. The van der Waals surface area contributed by atoms with Crippen LogP contribution in [0.15, 0.2) is 85.0 Å². The maximum atomic E-state index is 12.0. The van der Waals surface area contributed by atoms with Crippen LogP contribution in [-0.4, -0.2) is 37.5 Å². The number of benzene rings is 2. The van der Waals surface area contributed by atoms with E-state index in [1.165, 1.54) is 0 Å². The number of hydrogen-bond donors (Lipinski definition) is 0. The molecule has 0 aromatic heterocycles. The number of esters is 1. The smallest absolute Gasteiger partial charge is 0.336 e. The normalized spacial score (nSPS) is 20.6. The topological polar surface area (TPSA) is 54.0 Å². The molecule has 3 atom stereocenters. The molecule has 5 heteroatoms. The Kier molecular flexibility index (Phi) is 8.39. The number of carbonyl (C=O) groups is 1. The van der Waals surface area contributed by atoms with E-state index in [0.29, 0.717) is 26.4 Å². The molecule has 0 saturated heterocycles. The van der Waals surface area contributed by atoms with Crippen molar-refractivity contribution in [2.45, 2.75) is 38.4 Å². The maximum absolute atomic E-state index is 12.0. The Bertz CT molecular complexity index is 831. The first-order chi connectivity index (χ1) is 14.7. The van der Waals surface area contributed by atoms with Crippen LogP contribution in [0.5, 0.6) is 0 Å². The second-order valence-corrected chi connectivity index (χ2v) is 6.99. The van der Waals surface area contributed by atoms with Crippen LogP contribution < -0.4 is 0 Å². The molecule has 1 aliphatic rings. The van der Waals surface area contributed by atoms with Gasteiger partial charge in [0.05, 0.1) is 32.0 Å². The van der Waals surface area contributed by atoms with Crippen LogP contribution in [0.3, 0.4) is 0 Å². The highest BCUT2D eigenvalue weighted by atomic mass is 16.6. The van der Waals surface area contributed by atoms with Gasteiger partial charge < -0.3 is 18.9 Å². The van der Waals surface area contributed by atoms with E-state index in [-0.39, 0.29) is 17.8 Å². The van der Waals surface area contributed by atoms with Crippen LogP contribution in [0.2, 0.25) is 0 Å². The van der Waals surface area contributed by atoms with E-state index in [1.54, 1.807) is 13.0 Å². The summed E-state index contributed by atoms with van der Waals surface area (Å²) in [5.41, 5.74) is 2.42. The molecule has 3 rings (SSSR count). The Hall–Kier alpha value is -2.73. The predicted octanol–water partition coefficient (Wildman–Crippen LogP) is 4.23. The zero-order valence-electron chi connectivity index (χ0n) is 17.2. The fourth-order valence-corrected chi connectivity index (χ4v) is 3.11. The highest BCUT2D eigenvalue weighted by Crippen LogP contribution is 2.23. The quantitative estimate of drug-likeness (QED) is 0.335. The van der Waals surface area contributed by atoms with E-state index < -0.39 is 12.1 Å². The monoisotopic (exact) mass is 408 g/mol. The van der Waals surface area contributed by atoms with Gasteiger partial charge in [-0.1, -0.05) is 79.4 Å². The van der Waals surface area contributed by atoms with Gasteiger partial charge in [0.1, 0.15) is 18.3 Å². The third-order valence-corrected chi connectivity index (χ3v) is 4.72. The molecule has 0 spiro atoms. The minimum absolute atomic E-state index is 0.266. The molecule has 0 saturated carbocycles. The maximum Gasteiger partial charge on any atom is 0.336 e. The van der Waals surface area contributed by atoms with E-state index in [1.807, 2.05) is 66.7 Å². The summed E-state index contributed by atoms with van der Waals surface area (Å²) >= 11 is 0. The predicted molar refractivity (Wildman–Crippen MR) is 115 cm³/mol. The molecule has 0 amide bonds. The summed E-state index contributed by atoms with van der Waals surface area (Å²) in [6.07, 6.45) is 2.47. The second-order valence-electron chi connectivity index (χ2n) is 6.99. The van der Waals surface area contributed by atoms with Crippen molar-refractivity contribution in [1.82, 2.24) is 0 Å². The van der Waals surface area contributed by atoms with Crippen LogP contribution in [0.1, 0.15) is 18.1 Å². The summed E-state index contributed by atoms with van der Waals surface area (Å²) in [6.45, 7) is 7.15. The first-order valence-electron chi connectivity index (χ1n) is 10.1. The molecule has 0 unspecified atom stereocenters. The average Bonchev–Trinajstić information content (AvgIpc) is 2.79. The van der Waals surface area contributed by atoms with Gasteiger partial charge in [-0.05, 0) is 18.1 Å². The lowest BCUT2D eigenvalue weighted by atomic mass is 10.0. The Labute approximate surface area is 177 Å². The molecule has 1 heterocycles. The molecular formula is C25H28O5. The van der Waals surface area contributed by atoms with Gasteiger partial charge in [-0.15, -0.1) is 0 Å². The Morgan fingerprint density at radius 1 is 0.967 bits per heavy atom. The van der Waals surface area contributed by atoms with Crippen LogP contribution in [-0.2, 0) is 37.0 Å². The summed E-state index contributed by atoms with van der Waals surface area (Å²) in [4.78, 5) is 12.0. The largest absolute Gasteiger partial charge is 0.463 e. The van der Waals surface area contributed by atoms with Crippen molar-refractivity contribution in [3.05, 3.63) is 96.1 Å². The SMILES string of the molecule is C=C(C(=O)OCC)[C@H]1C=C[C@@H](OCc2ccccc2)[C@@H](COCc2ccccc2)O1. The molecule has 2 aromatic carbocycles. The Morgan fingerprint density at radius 2 is 1.60 bits per heavy atom. The van der Waals surface area contributed by atoms with E-state index >= 15 is 0 Å². The van der Waals surface area contributed by atoms with Gasteiger partial charge in [0.2, 0.25) is 0 Å². The van der Waals surface area contributed by atoms with Gasteiger partial charge in [0.25, 0.3) is 0 Å².